The fourth-order valence-electron chi connectivity index (χ4n) is 3.76. The maximum absolute atomic E-state index is 5.45. The average Bonchev–Trinajstić information content (AvgIpc) is 3.47. The Morgan fingerprint density at radius 1 is 0.935 bits per heavy atom. The third-order valence-electron chi connectivity index (χ3n) is 5.40. The molecule has 0 amide bonds. The van der Waals surface area contributed by atoms with E-state index in [2.05, 4.69) is 35.4 Å². The number of aromatic nitrogens is 6. The van der Waals surface area contributed by atoms with Gasteiger partial charge in [-0.3, -0.25) is 5.10 Å². The number of rotatable bonds is 4. The molecular formula is C22H20N8O. The maximum Gasteiger partial charge on any atom is 0.229 e. The van der Waals surface area contributed by atoms with E-state index in [1.165, 1.54) is 0 Å². The zero-order chi connectivity index (χ0) is 20.6. The highest BCUT2D eigenvalue weighted by Crippen LogP contribution is 2.27. The minimum Gasteiger partial charge on any atom is -0.378 e. The number of fused-ring (bicyclic) bond motifs is 2. The van der Waals surface area contributed by atoms with Crippen LogP contribution in [0.15, 0.2) is 54.7 Å². The van der Waals surface area contributed by atoms with E-state index in [0.717, 1.165) is 52.4 Å². The Labute approximate surface area is 177 Å². The monoisotopic (exact) mass is 412 g/mol. The summed E-state index contributed by atoms with van der Waals surface area (Å²) in [5, 5.41) is 11.4. The SMILES string of the molecule is c1ccc2[nH]c(-c3ccc(Nc4nc(N5CCOCC5)nc5[nH]ncc45)cc3)nc2c1. The summed E-state index contributed by atoms with van der Waals surface area (Å²) in [4.78, 5) is 19.6. The molecule has 31 heavy (non-hydrogen) atoms. The Morgan fingerprint density at radius 3 is 2.61 bits per heavy atom. The molecule has 0 unspecified atom stereocenters. The first kappa shape index (κ1) is 17.8. The quantitative estimate of drug-likeness (QED) is 0.415. The highest BCUT2D eigenvalue weighted by Gasteiger charge is 2.17. The van der Waals surface area contributed by atoms with Gasteiger partial charge in [0.25, 0.3) is 0 Å². The van der Waals surface area contributed by atoms with Crippen LogP contribution in [0.3, 0.4) is 0 Å². The number of ether oxygens (including phenoxy) is 1. The van der Waals surface area contributed by atoms with Crippen LogP contribution in [0, 0.1) is 0 Å². The molecule has 1 saturated heterocycles. The van der Waals surface area contributed by atoms with Gasteiger partial charge in [0.15, 0.2) is 5.65 Å². The van der Waals surface area contributed by atoms with Crippen LogP contribution in [0.1, 0.15) is 0 Å². The topological polar surface area (TPSA) is 108 Å². The van der Waals surface area contributed by atoms with Gasteiger partial charge in [-0.1, -0.05) is 12.1 Å². The maximum atomic E-state index is 5.45. The summed E-state index contributed by atoms with van der Waals surface area (Å²) >= 11 is 0. The van der Waals surface area contributed by atoms with Gasteiger partial charge in [-0.2, -0.15) is 15.1 Å². The van der Waals surface area contributed by atoms with Gasteiger partial charge in [-0.25, -0.2) is 4.98 Å². The number of benzene rings is 2. The van der Waals surface area contributed by atoms with Crippen LogP contribution in [0.4, 0.5) is 17.5 Å². The molecule has 1 aliphatic heterocycles. The zero-order valence-corrected chi connectivity index (χ0v) is 16.7. The fraction of sp³-hybridized carbons (Fsp3) is 0.182. The number of nitrogens with zero attached hydrogens (tertiary/aromatic N) is 5. The van der Waals surface area contributed by atoms with Crippen molar-refractivity contribution in [3.8, 4) is 11.4 Å². The number of hydrogen-bond acceptors (Lipinski definition) is 7. The molecule has 6 rings (SSSR count). The van der Waals surface area contributed by atoms with E-state index in [4.69, 9.17) is 9.72 Å². The Kier molecular flexibility index (Phi) is 4.24. The van der Waals surface area contributed by atoms with Crippen molar-refractivity contribution in [3.05, 3.63) is 54.7 Å². The van der Waals surface area contributed by atoms with E-state index in [-0.39, 0.29) is 0 Å². The summed E-state index contributed by atoms with van der Waals surface area (Å²) in [5.74, 6) is 2.24. The molecule has 3 N–H and O–H groups in total. The standard InChI is InChI=1S/C22H20N8O/c1-2-4-18-17(3-1)25-19(26-18)14-5-7-15(8-6-14)24-20-16-13-23-29-21(16)28-22(27-20)30-9-11-31-12-10-30/h1-8,13H,9-12H2,(H,25,26)(H2,23,24,27,28,29). The van der Waals surface area contributed by atoms with Crippen LogP contribution in [-0.4, -0.2) is 56.4 Å². The van der Waals surface area contributed by atoms with Crippen molar-refractivity contribution in [2.24, 2.45) is 0 Å². The Hall–Kier alpha value is -3.98. The number of morpholine rings is 1. The summed E-state index contributed by atoms with van der Waals surface area (Å²) in [6.45, 7) is 2.89. The van der Waals surface area contributed by atoms with Crippen molar-refractivity contribution in [2.75, 3.05) is 36.5 Å². The van der Waals surface area contributed by atoms with E-state index in [9.17, 15) is 0 Å². The van der Waals surface area contributed by atoms with Gasteiger partial charge in [0.05, 0.1) is 35.8 Å². The van der Waals surface area contributed by atoms with Crippen LogP contribution in [0.2, 0.25) is 0 Å². The molecule has 0 bridgehead atoms. The summed E-state index contributed by atoms with van der Waals surface area (Å²) < 4.78 is 5.45. The molecule has 5 aromatic rings. The molecule has 2 aromatic carbocycles. The van der Waals surface area contributed by atoms with E-state index in [0.29, 0.717) is 24.8 Å². The van der Waals surface area contributed by atoms with Gasteiger partial charge >= 0.3 is 0 Å². The van der Waals surface area contributed by atoms with E-state index < -0.39 is 0 Å². The highest BCUT2D eigenvalue weighted by molar-refractivity contribution is 5.89. The van der Waals surface area contributed by atoms with Crippen LogP contribution >= 0.6 is 0 Å². The Bertz CT molecular complexity index is 1320. The van der Waals surface area contributed by atoms with Crippen molar-refractivity contribution in [2.45, 2.75) is 0 Å². The molecule has 1 aliphatic rings. The van der Waals surface area contributed by atoms with Crippen LogP contribution in [-0.2, 0) is 4.74 Å². The van der Waals surface area contributed by atoms with Crippen molar-refractivity contribution in [1.29, 1.82) is 0 Å². The van der Waals surface area contributed by atoms with Crippen molar-refractivity contribution in [1.82, 2.24) is 30.1 Å². The van der Waals surface area contributed by atoms with E-state index in [1.807, 2.05) is 48.5 Å². The molecule has 3 aromatic heterocycles. The highest BCUT2D eigenvalue weighted by atomic mass is 16.5. The third-order valence-corrected chi connectivity index (χ3v) is 5.40. The molecule has 154 valence electrons. The van der Waals surface area contributed by atoms with E-state index >= 15 is 0 Å². The van der Waals surface area contributed by atoms with Gasteiger partial charge < -0.3 is 19.9 Å². The number of nitrogens with one attached hydrogen (secondary N) is 3. The smallest absolute Gasteiger partial charge is 0.229 e. The third kappa shape index (κ3) is 3.34. The summed E-state index contributed by atoms with van der Waals surface area (Å²) in [5.41, 5.74) is 4.64. The summed E-state index contributed by atoms with van der Waals surface area (Å²) in [6, 6.07) is 16.1. The summed E-state index contributed by atoms with van der Waals surface area (Å²) in [6.07, 6.45) is 1.74. The predicted molar refractivity (Wildman–Crippen MR) is 120 cm³/mol. The van der Waals surface area contributed by atoms with E-state index in [1.54, 1.807) is 6.20 Å². The lowest BCUT2D eigenvalue weighted by Gasteiger charge is -2.27. The van der Waals surface area contributed by atoms with Crippen LogP contribution < -0.4 is 10.2 Å². The molecule has 0 aliphatic carbocycles. The van der Waals surface area contributed by atoms with Gasteiger partial charge in [0.2, 0.25) is 5.95 Å². The molecule has 9 nitrogen and oxygen atoms in total. The van der Waals surface area contributed by atoms with Crippen LogP contribution in [0.5, 0.6) is 0 Å². The second kappa shape index (κ2) is 7.37. The first-order valence-electron chi connectivity index (χ1n) is 10.2. The molecule has 0 spiro atoms. The Morgan fingerprint density at radius 2 is 1.77 bits per heavy atom. The van der Waals surface area contributed by atoms with Gasteiger partial charge in [-0.05, 0) is 36.4 Å². The average molecular weight is 412 g/mol. The first-order valence-corrected chi connectivity index (χ1v) is 10.2. The van der Waals surface area contributed by atoms with Gasteiger partial charge in [0, 0.05) is 24.3 Å². The molecule has 0 atom stereocenters. The zero-order valence-electron chi connectivity index (χ0n) is 16.7. The largest absolute Gasteiger partial charge is 0.378 e. The number of imidazole rings is 1. The first-order chi connectivity index (χ1) is 15.3. The number of aromatic amines is 2. The second-order valence-electron chi connectivity index (χ2n) is 7.41. The van der Waals surface area contributed by atoms with Crippen molar-refractivity contribution < 1.29 is 4.74 Å². The van der Waals surface area contributed by atoms with Crippen molar-refractivity contribution >= 4 is 39.5 Å². The number of H-pyrrole nitrogens is 2. The number of anilines is 3. The molecule has 9 heteroatoms. The minimum absolute atomic E-state index is 0.668. The Balaban J connectivity index is 1.30. The molecular weight excluding hydrogens is 392 g/mol. The summed E-state index contributed by atoms with van der Waals surface area (Å²) in [7, 11) is 0. The molecule has 4 heterocycles. The molecule has 0 radical (unpaired) electrons. The fourth-order valence-corrected chi connectivity index (χ4v) is 3.76. The van der Waals surface area contributed by atoms with Crippen LogP contribution in [0.25, 0.3) is 33.5 Å². The minimum atomic E-state index is 0.668. The lowest BCUT2D eigenvalue weighted by atomic mass is 10.2. The van der Waals surface area contributed by atoms with Gasteiger partial charge in [-0.15, -0.1) is 0 Å². The molecule has 1 fully saturated rings. The van der Waals surface area contributed by atoms with Gasteiger partial charge in [0.1, 0.15) is 11.6 Å². The molecule has 0 saturated carbocycles. The number of para-hydroxylation sites is 2. The lowest BCUT2D eigenvalue weighted by molar-refractivity contribution is 0.122. The lowest BCUT2D eigenvalue weighted by Crippen LogP contribution is -2.37. The normalized spacial score (nSPS) is 14.4. The second-order valence-corrected chi connectivity index (χ2v) is 7.41. The van der Waals surface area contributed by atoms with Crippen molar-refractivity contribution in [3.63, 3.8) is 0 Å². The predicted octanol–water partition coefficient (Wildman–Crippen LogP) is 3.48. The number of hydrogen-bond donors (Lipinski definition) is 3.